The molecule has 0 rings (SSSR count). The number of hydrogen-bond donors (Lipinski definition) is 11. The highest BCUT2D eigenvalue weighted by atomic mass is 16.4. The van der Waals surface area contributed by atoms with E-state index < -0.39 is 96.5 Å². The minimum absolute atomic E-state index is 0.0546. The largest absolute Gasteiger partial charge is 0.481 e. The van der Waals surface area contributed by atoms with Crippen LogP contribution in [0.1, 0.15) is 46.5 Å². The number of aliphatic carboxylic acids is 1. The van der Waals surface area contributed by atoms with Crippen molar-refractivity contribution in [2.75, 3.05) is 13.2 Å². The van der Waals surface area contributed by atoms with Gasteiger partial charge in [-0.2, -0.15) is 0 Å². The van der Waals surface area contributed by atoms with E-state index in [0.717, 1.165) is 0 Å². The first kappa shape index (κ1) is 39.0. The molecule has 44 heavy (non-hydrogen) atoms. The molecule has 6 atom stereocenters. The van der Waals surface area contributed by atoms with Gasteiger partial charge in [0.15, 0.2) is 5.96 Å². The predicted octanol–water partition coefficient (Wildman–Crippen LogP) is -6.03. The third-order valence-corrected chi connectivity index (χ3v) is 5.89. The van der Waals surface area contributed by atoms with Gasteiger partial charge in [0.25, 0.3) is 0 Å². The number of aliphatic hydroxyl groups is 1. The van der Waals surface area contributed by atoms with Gasteiger partial charge in [-0.1, -0.05) is 6.92 Å². The monoisotopic (exact) mass is 630 g/mol. The molecule has 20 nitrogen and oxygen atoms in total. The number of aliphatic imine (C=N–C) groups is 1. The van der Waals surface area contributed by atoms with Gasteiger partial charge in [-0.25, -0.2) is 0 Å². The molecule has 0 aromatic carbocycles. The number of nitrogens with zero attached hydrogens (tertiary/aromatic N) is 1. The summed E-state index contributed by atoms with van der Waals surface area (Å²) in [7, 11) is 0. The number of carboxylic acids is 1. The molecule has 0 fully saturated rings. The van der Waals surface area contributed by atoms with Crippen LogP contribution in [0, 0.1) is 5.92 Å². The average Bonchev–Trinajstić information content (AvgIpc) is 2.91. The van der Waals surface area contributed by atoms with Crippen LogP contribution in [0.2, 0.25) is 0 Å². The Hall–Kier alpha value is -5.01. The molecule has 0 aliphatic heterocycles. The Balaban J connectivity index is 5.53. The molecule has 0 bridgehead atoms. The van der Waals surface area contributed by atoms with Crippen LogP contribution in [-0.2, 0) is 38.4 Å². The first-order valence-corrected chi connectivity index (χ1v) is 13.4. The number of aliphatic hydroxyl groups excluding tert-OH is 1. The first-order valence-electron chi connectivity index (χ1n) is 13.4. The summed E-state index contributed by atoms with van der Waals surface area (Å²) in [4.78, 5) is 100. The molecular weight excluding hydrogens is 588 g/mol. The van der Waals surface area contributed by atoms with Gasteiger partial charge in [-0.05, 0) is 26.7 Å². The van der Waals surface area contributed by atoms with E-state index in [1.165, 1.54) is 20.8 Å². The van der Waals surface area contributed by atoms with Gasteiger partial charge in [0.2, 0.25) is 41.4 Å². The molecule has 0 aromatic rings. The normalized spacial score (nSPS) is 14.6. The lowest BCUT2D eigenvalue weighted by atomic mass is 10.1. The van der Waals surface area contributed by atoms with Crippen LogP contribution in [0.4, 0.5) is 0 Å². The molecule has 0 saturated heterocycles. The molecule has 7 amide bonds. The lowest BCUT2D eigenvalue weighted by Gasteiger charge is -2.25. The van der Waals surface area contributed by atoms with E-state index in [2.05, 4.69) is 26.3 Å². The SMILES string of the molecule is CC(CC(N)=O)C(=O)NC(C)C(=O)NC(C)C(=O)NC(CCCN=C(N)N)C(=O)NC(CO)C(=O)NC(CC(=O)O)C(N)=O. The Bertz CT molecular complexity index is 1110. The second kappa shape index (κ2) is 19.2. The second-order valence-electron chi connectivity index (χ2n) is 9.85. The van der Waals surface area contributed by atoms with Crippen molar-refractivity contribution in [3.8, 4) is 0 Å². The Morgan fingerprint density at radius 1 is 0.659 bits per heavy atom. The van der Waals surface area contributed by atoms with Crippen LogP contribution in [0.25, 0.3) is 0 Å². The highest BCUT2D eigenvalue weighted by Gasteiger charge is 2.31. The summed E-state index contributed by atoms with van der Waals surface area (Å²) in [5, 5.41) is 29.9. The zero-order valence-electron chi connectivity index (χ0n) is 24.6. The van der Waals surface area contributed by atoms with Crippen molar-refractivity contribution in [1.82, 2.24) is 26.6 Å². The van der Waals surface area contributed by atoms with Gasteiger partial charge in [-0.3, -0.25) is 43.3 Å². The van der Waals surface area contributed by atoms with Gasteiger partial charge in [0.05, 0.1) is 13.0 Å². The molecule has 0 spiro atoms. The van der Waals surface area contributed by atoms with Crippen molar-refractivity contribution in [2.45, 2.75) is 76.7 Å². The van der Waals surface area contributed by atoms with Crippen molar-refractivity contribution in [3.63, 3.8) is 0 Å². The summed E-state index contributed by atoms with van der Waals surface area (Å²) < 4.78 is 0. The smallest absolute Gasteiger partial charge is 0.305 e. The Morgan fingerprint density at radius 2 is 1.14 bits per heavy atom. The predicted molar refractivity (Wildman–Crippen MR) is 152 cm³/mol. The second-order valence-corrected chi connectivity index (χ2v) is 9.85. The fraction of sp³-hybridized carbons (Fsp3) is 0.625. The van der Waals surface area contributed by atoms with Crippen molar-refractivity contribution < 1.29 is 48.6 Å². The molecule has 15 N–H and O–H groups in total. The number of carboxylic acid groups (broad SMARTS) is 1. The highest BCUT2D eigenvalue weighted by Crippen LogP contribution is 2.04. The van der Waals surface area contributed by atoms with Crippen LogP contribution < -0.4 is 49.5 Å². The van der Waals surface area contributed by atoms with Crippen LogP contribution >= 0.6 is 0 Å². The molecule has 0 heterocycles. The number of primary amides is 2. The third kappa shape index (κ3) is 15.3. The summed E-state index contributed by atoms with van der Waals surface area (Å²) in [6.07, 6.45) is -1.02. The van der Waals surface area contributed by atoms with Gasteiger partial charge >= 0.3 is 5.97 Å². The number of nitrogens with one attached hydrogen (secondary N) is 5. The van der Waals surface area contributed by atoms with Crippen LogP contribution in [0.3, 0.4) is 0 Å². The molecule has 0 aliphatic carbocycles. The first-order chi connectivity index (χ1) is 20.4. The number of amides is 7. The van der Waals surface area contributed by atoms with Crippen molar-refractivity contribution in [3.05, 3.63) is 0 Å². The Labute approximate surface area is 252 Å². The summed E-state index contributed by atoms with van der Waals surface area (Å²) in [5.41, 5.74) is 20.7. The van der Waals surface area contributed by atoms with E-state index in [0.29, 0.717) is 0 Å². The minimum atomic E-state index is -1.67. The fourth-order valence-electron chi connectivity index (χ4n) is 3.42. The Kier molecular flexibility index (Phi) is 17.0. The molecule has 6 unspecified atom stereocenters. The van der Waals surface area contributed by atoms with Crippen LogP contribution in [0.5, 0.6) is 0 Å². The van der Waals surface area contributed by atoms with E-state index in [-0.39, 0.29) is 31.8 Å². The molecule has 248 valence electrons. The van der Waals surface area contributed by atoms with E-state index in [9.17, 15) is 43.5 Å². The van der Waals surface area contributed by atoms with E-state index in [1.807, 2.05) is 5.32 Å². The summed E-state index contributed by atoms with van der Waals surface area (Å²) >= 11 is 0. The van der Waals surface area contributed by atoms with Gasteiger partial charge in [0, 0.05) is 18.9 Å². The third-order valence-electron chi connectivity index (χ3n) is 5.89. The number of carbonyl (C=O) groups is 8. The molecule has 0 saturated carbocycles. The van der Waals surface area contributed by atoms with E-state index in [4.69, 9.17) is 28.0 Å². The standard InChI is InChI=1S/C24H42N10O10/c1-10(7-16(25)36)19(40)30-11(2)20(41)31-12(3)21(42)32-13(5-4-6-29-24(27)28)22(43)34-15(9-35)23(44)33-14(18(26)39)8-17(37)38/h10-15,35H,4-9H2,1-3H3,(H2,25,36)(H2,26,39)(H,30,40)(H,31,41)(H,32,42)(H,33,44)(H,34,43)(H,37,38)(H4,27,28,29). The minimum Gasteiger partial charge on any atom is -0.481 e. The van der Waals surface area contributed by atoms with Crippen molar-refractivity contribution in [2.24, 2.45) is 33.8 Å². The summed E-state index contributed by atoms with van der Waals surface area (Å²) in [6.45, 7) is 3.16. The summed E-state index contributed by atoms with van der Waals surface area (Å²) in [5.74, 6) is -8.66. The number of nitrogens with two attached hydrogens (primary N) is 4. The highest BCUT2D eigenvalue weighted by molar-refractivity contribution is 5.96. The topological polar surface area (TPSA) is 354 Å². The molecule has 0 radical (unpaired) electrons. The van der Waals surface area contributed by atoms with Crippen molar-refractivity contribution >= 4 is 53.3 Å². The number of carbonyl (C=O) groups excluding carboxylic acids is 7. The zero-order valence-corrected chi connectivity index (χ0v) is 24.6. The molecule has 20 heteroatoms. The fourth-order valence-corrected chi connectivity index (χ4v) is 3.42. The van der Waals surface area contributed by atoms with Crippen LogP contribution in [-0.4, -0.2) is 107 Å². The summed E-state index contributed by atoms with van der Waals surface area (Å²) in [6, 6.07) is -7.00. The number of rotatable bonds is 20. The maximum Gasteiger partial charge on any atom is 0.305 e. The lowest BCUT2D eigenvalue weighted by Crippen LogP contribution is -2.59. The Morgan fingerprint density at radius 3 is 1.61 bits per heavy atom. The van der Waals surface area contributed by atoms with Gasteiger partial charge in [0.1, 0.15) is 30.2 Å². The number of hydrogen-bond acceptors (Lipinski definition) is 10. The van der Waals surface area contributed by atoms with E-state index >= 15 is 0 Å². The van der Waals surface area contributed by atoms with Crippen molar-refractivity contribution in [1.29, 1.82) is 0 Å². The van der Waals surface area contributed by atoms with Gasteiger partial charge in [-0.15, -0.1) is 0 Å². The maximum absolute atomic E-state index is 13.0. The van der Waals surface area contributed by atoms with Crippen LogP contribution in [0.15, 0.2) is 4.99 Å². The molecule has 0 aromatic heterocycles. The quantitative estimate of drug-likeness (QED) is 0.0340. The maximum atomic E-state index is 13.0. The molecule has 0 aliphatic rings. The number of guanidine groups is 1. The zero-order chi connectivity index (χ0) is 34.1. The lowest BCUT2D eigenvalue weighted by molar-refractivity contribution is -0.140. The van der Waals surface area contributed by atoms with Gasteiger partial charge < -0.3 is 59.7 Å². The van der Waals surface area contributed by atoms with E-state index in [1.54, 1.807) is 0 Å². The molecular formula is C24H42N10O10. The average molecular weight is 631 g/mol.